The van der Waals surface area contributed by atoms with Gasteiger partial charge in [-0.2, -0.15) is 4.31 Å². The highest BCUT2D eigenvalue weighted by molar-refractivity contribution is 7.89. The van der Waals surface area contributed by atoms with Crippen molar-refractivity contribution in [1.82, 2.24) is 14.5 Å². The van der Waals surface area contributed by atoms with Crippen molar-refractivity contribution in [3.05, 3.63) is 29.8 Å². The summed E-state index contributed by atoms with van der Waals surface area (Å²) in [5.41, 5.74) is 1.13. The van der Waals surface area contributed by atoms with E-state index in [0.717, 1.165) is 5.56 Å². The highest BCUT2D eigenvalue weighted by atomic mass is 32.2. The first-order valence-corrected chi connectivity index (χ1v) is 12.0. The van der Waals surface area contributed by atoms with Gasteiger partial charge >= 0.3 is 6.03 Å². The van der Waals surface area contributed by atoms with E-state index in [1.807, 2.05) is 12.1 Å². The standard InChI is InChI=1S/C21H31N3O3S/c1-15(2)16-7-9-19(10-8-16)28(26,27)24-13-11-23(12-14-24)21(25)22-20(17-3-4-17)18-5-6-18/h7-10,15,17-18,20H,3-6,11-14H2,1-2H3,(H,22,25). The molecule has 1 N–H and O–H groups in total. The number of carbonyl (C=O) groups is 1. The number of nitrogens with one attached hydrogen (secondary N) is 1. The third-order valence-corrected chi connectivity index (χ3v) is 8.17. The van der Waals surface area contributed by atoms with E-state index in [9.17, 15) is 13.2 Å². The smallest absolute Gasteiger partial charge is 0.317 e. The quantitative estimate of drug-likeness (QED) is 0.791. The Bertz CT molecular complexity index is 794. The van der Waals surface area contributed by atoms with Crippen molar-refractivity contribution in [2.24, 2.45) is 11.8 Å². The van der Waals surface area contributed by atoms with E-state index in [2.05, 4.69) is 19.2 Å². The van der Waals surface area contributed by atoms with Crippen LogP contribution in [0.15, 0.2) is 29.2 Å². The Hall–Kier alpha value is -1.60. The molecule has 1 aromatic rings. The molecule has 1 aromatic carbocycles. The largest absolute Gasteiger partial charge is 0.335 e. The fourth-order valence-electron chi connectivity index (χ4n) is 4.07. The molecule has 0 radical (unpaired) electrons. The molecule has 1 aliphatic heterocycles. The predicted molar refractivity (Wildman–Crippen MR) is 109 cm³/mol. The number of carbonyl (C=O) groups excluding carboxylic acids is 1. The van der Waals surface area contributed by atoms with Gasteiger partial charge in [0.2, 0.25) is 10.0 Å². The van der Waals surface area contributed by atoms with Gasteiger partial charge in [-0.15, -0.1) is 0 Å². The van der Waals surface area contributed by atoms with Gasteiger partial charge in [-0.05, 0) is 61.1 Å². The van der Waals surface area contributed by atoms with E-state index in [1.165, 1.54) is 30.0 Å². The van der Waals surface area contributed by atoms with E-state index in [0.29, 0.717) is 54.9 Å². The molecule has 4 rings (SSSR count). The second kappa shape index (κ2) is 7.67. The average Bonchev–Trinajstić information content (AvgIpc) is 3.59. The summed E-state index contributed by atoms with van der Waals surface area (Å²) in [5, 5.41) is 3.23. The Kier molecular flexibility index (Phi) is 5.40. The summed E-state index contributed by atoms with van der Waals surface area (Å²) in [6.45, 7) is 5.75. The Morgan fingerprint density at radius 2 is 1.50 bits per heavy atom. The number of rotatable bonds is 6. The summed E-state index contributed by atoms with van der Waals surface area (Å²) in [7, 11) is -3.51. The van der Waals surface area contributed by atoms with Crippen molar-refractivity contribution in [3.63, 3.8) is 0 Å². The van der Waals surface area contributed by atoms with Crippen LogP contribution >= 0.6 is 0 Å². The molecule has 7 heteroatoms. The molecule has 2 aliphatic carbocycles. The molecule has 0 spiro atoms. The highest BCUT2D eigenvalue weighted by Crippen LogP contribution is 2.44. The van der Waals surface area contributed by atoms with Crippen molar-refractivity contribution in [1.29, 1.82) is 0 Å². The first kappa shape index (κ1) is 19.7. The summed E-state index contributed by atoms with van der Waals surface area (Å²) in [6.07, 6.45) is 4.90. The first-order valence-electron chi connectivity index (χ1n) is 10.5. The van der Waals surface area contributed by atoms with Crippen molar-refractivity contribution in [2.75, 3.05) is 26.2 Å². The van der Waals surface area contributed by atoms with E-state index in [1.54, 1.807) is 17.0 Å². The molecule has 6 nitrogen and oxygen atoms in total. The van der Waals surface area contributed by atoms with Gasteiger partial charge in [0.05, 0.1) is 4.90 Å². The van der Waals surface area contributed by atoms with Crippen LogP contribution in [0.25, 0.3) is 0 Å². The molecule has 154 valence electrons. The van der Waals surface area contributed by atoms with E-state index >= 15 is 0 Å². The molecule has 0 aromatic heterocycles. The maximum absolute atomic E-state index is 12.9. The number of benzene rings is 1. The number of piperazine rings is 1. The fraction of sp³-hybridized carbons (Fsp3) is 0.667. The van der Waals surface area contributed by atoms with Crippen molar-refractivity contribution < 1.29 is 13.2 Å². The zero-order valence-corrected chi connectivity index (χ0v) is 17.6. The minimum atomic E-state index is -3.51. The van der Waals surface area contributed by atoms with Gasteiger partial charge < -0.3 is 10.2 Å². The normalized spacial score (nSPS) is 21.4. The SMILES string of the molecule is CC(C)c1ccc(S(=O)(=O)N2CCN(C(=O)NC(C3CC3)C3CC3)CC2)cc1. The van der Waals surface area contributed by atoms with Gasteiger partial charge in [0, 0.05) is 32.2 Å². The van der Waals surface area contributed by atoms with Crippen molar-refractivity contribution in [3.8, 4) is 0 Å². The summed E-state index contributed by atoms with van der Waals surface area (Å²) >= 11 is 0. The first-order chi connectivity index (χ1) is 13.4. The average molecular weight is 406 g/mol. The second-order valence-corrected chi connectivity index (χ2v) is 10.7. The number of sulfonamides is 1. The van der Waals surface area contributed by atoms with Crippen LogP contribution in [0, 0.1) is 11.8 Å². The maximum Gasteiger partial charge on any atom is 0.317 e. The van der Waals surface area contributed by atoms with Gasteiger partial charge in [-0.3, -0.25) is 0 Å². The number of urea groups is 1. The predicted octanol–water partition coefficient (Wildman–Crippen LogP) is 3.01. The Morgan fingerprint density at radius 3 is 1.96 bits per heavy atom. The Labute approximate surface area is 168 Å². The topological polar surface area (TPSA) is 69.7 Å². The van der Waals surface area contributed by atoms with Crippen molar-refractivity contribution >= 4 is 16.1 Å². The summed E-state index contributed by atoms with van der Waals surface area (Å²) < 4.78 is 27.3. The molecule has 0 unspecified atom stereocenters. The van der Waals surface area contributed by atoms with E-state index < -0.39 is 10.0 Å². The number of amides is 2. The van der Waals surface area contributed by atoms with Crippen LogP contribution in [0.1, 0.15) is 51.0 Å². The summed E-state index contributed by atoms with van der Waals surface area (Å²) in [6, 6.07) is 7.46. The summed E-state index contributed by atoms with van der Waals surface area (Å²) in [4.78, 5) is 14.7. The fourth-order valence-corrected chi connectivity index (χ4v) is 5.49. The van der Waals surface area contributed by atoms with Gasteiger partial charge in [0.1, 0.15) is 0 Å². The van der Waals surface area contributed by atoms with Crippen LogP contribution in [-0.2, 0) is 10.0 Å². The molecule has 3 aliphatic rings. The molecule has 3 fully saturated rings. The third-order valence-electron chi connectivity index (χ3n) is 6.26. The van der Waals surface area contributed by atoms with Crippen LogP contribution in [0.2, 0.25) is 0 Å². The van der Waals surface area contributed by atoms with E-state index in [-0.39, 0.29) is 6.03 Å². The van der Waals surface area contributed by atoms with Crippen LogP contribution < -0.4 is 5.32 Å². The Morgan fingerprint density at radius 1 is 0.964 bits per heavy atom. The van der Waals surface area contributed by atoms with Gasteiger partial charge in [-0.25, -0.2) is 13.2 Å². The molecule has 2 amide bonds. The molecule has 0 bridgehead atoms. The lowest BCUT2D eigenvalue weighted by molar-refractivity contribution is 0.166. The van der Waals surface area contributed by atoms with Gasteiger partial charge in [0.15, 0.2) is 0 Å². The zero-order chi connectivity index (χ0) is 19.9. The maximum atomic E-state index is 12.9. The lowest BCUT2D eigenvalue weighted by Crippen LogP contribution is -2.55. The van der Waals surface area contributed by atoms with Gasteiger partial charge in [0.25, 0.3) is 0 Å². The molecular formula is C21H31N3O3S. The zero-order valence-electron chi connectivity index (χ0n) is 16.8. The molecule has 1 heterocycles. The number of hydrogen-bond acceptors (Lipinski definition) is 3. The molecule has 28 heavy (non-hydrogen) atoms. The van der Waals surface area contributed by atoms with Gasteiger partial charge in [-0.1, -0.05) is 26.0 Å². The monoisotopic (exact) mass is 405 g/mol. The van der Waals surface area contributed by atoms with Crippen LogP contribution in [0.3, 0.4) is 0 Å². The minimum Gasteiger partial charge on any atom is -0.335 e. The minimum absolute atomic E-state index is 0.0258. The number of nitrogens with zero attached hydrogens (tertiary/aromatic N) is 2. The number of hydrogen-bond donors (Lipinski definition) is 1. The van der Waals surface area contributed by atoms with E-state index in [4.69, 9.17) is 0 Å². The summed E-state index contributed by atoms with van der Waals surface area (Å²) in [5.74, 6) is 1.69. The van der Waals surface area contributed by atoms with Crippen LogP contribution in [0.5, 0.6) is 0 Å². The molecular weight excluding hydrogens is 374 g/mol. The lowest BCUT2D eigenvalue weighted by Gasteiger charge is -2.35. The molecule has 2 saturated carbocycles. The third kappa shape index (κ3) is 4.20. The highest BCUT2D eigenvalue weighted by Gasteiger charge is 2.43. The van der Waals surface area contributed by atoms with Crippen molar-refractivity contribution in [2.45, 2.75) is 56.4 Å². The Balaban J connectivity index is 1.34. The molecule has 0 atom stereocenters. The van der Waals surface area contributed by atoms with Crippen LogP contribution in [-0.4, -0.2) is 55.9 Å². The van der Waals surface area contributed by atoms with Crippen LogP contribution in [0.4, 0.5) is 4.79 Å². The lowest BCUT2D eigenvalue weighted by atomic mass is 10.0. The molecule has 1 saturated heterocycles. The second-order valence-electron chi connectivity index (χ2n) is 8.77.